The fourth-order valence-electron chi connectivity index (χ4n) is 4.83. The molecule has 3 aromatic rings. The molecule has 3 N–H and O–H groups in total. The van der Waals surface area contributed by atoms with Gasteiger partial charge in [-0.2, -0.15) is 0 Å². The van der Waals surface area contributed by atoms with Crippen LogP contribution in [0.15, 0.2) is 23.5 Å². The molecule has 5 rings (SSSR count). The Hall–Kier alpha value is -3.08. The van der Waals surface area contributed by atoms with E-state index in [4.69, 9.17) is 9.84 Å². The van der Waals surface area contributed by atoms with Gasteiger partial charge < -0.3 is 25.2 Å². The number of amides is 1. The van der Waals surface area contributed by atoms with Crippen LogP contribution in [0.3, 0.4) is 0 Å². The van der Waals surface area contributed by atoms with Crippen molar-refractivity contribution in [2.24, 2.45) is 10.9 Å². The molecule has 2 atom stereocenters. The van der Waals surface area contributed by atoms with E-state index in [1.54, 1.807) is 24.7 Å². The van der Waals surface area contributed by atoms with Crippen molar-refractivity contribution in [3.05, 3.63) is 40.0 Å². The number of rotatable bonds is 8. The summed E-state index contributed by atoms with van der Waals surface area (Å²) in [7, 11) is 1.67. The summed E-state index contributed by atoms with van der Waals surface area (Å²) in [5.74, 6) is 1.34. The number of likely N-dealkylation sites (N-methyl/N-ethyl adjacent to an activating group) is 1. The van der Waals surface area contributed by atoms with Gasteiger partial charge in [0.05, 0.1) is 36.9 Å². The summed E-state index contributed by atoms with van der Waals surface area (Å²) in [6.45, 7) is 2.95. The lowest BCUT2D eigenvalue weighted by Gasteiger charge is -2.27. The van der Waals surface area contributed by atoms with Crippen molar-refractivity contribution in [3.63, 3.8) is 0 Å². The quantitative estimate of drug-likeness (QED) is 0.439. The van der Waals surface area contributed by atoms with Crippen LogP contribution < -0.4 is 10.1 Å². The first kappa shape index (κ1) is 23.7. The van der Waals surface area contributed by atoms with E-state index < -0.39 is 6.10 Å². The molecule has 10 heteroatoms. The first-order valence-electron chi connectivity index (χ1n) is 11.8. The van der Waals surface area contributed by atoms with E-state index >= 15 is 0 Å². The highest BCUT2D eigenvalue weighted by Gasteiger charge is 2.31. The van der Waals surface area contributed by atoms with Crippen molar-refractivity contribution < 1.29 is 19.7 Å². The first-order chi connectivity index (χ1) is 17.0. The number of fused-ring (bicyclic) bond motifs is 4. The van der Waals surface area contributed by atoms with Crippen molar-refractivity contribution in [2.75, 3.05) is 32.1 Å². The zero-order valence-electron chi connectivity index (χ0n) is 19.8. The van der Waals surface area contributed by atoms with E-state index in [1.165, 1.54) is 10.5 Å². The van der Waals surface area contributed by atoms with Gasteiger partial charge in [0.1, 0.15) is 22.7 Å². The normalized spacial score (nSPS) is 17.2. The summed E-state index contributed by atoms with van der Waals surface area (Å²) < 4.78 is 5.90. The molecule has 9 nitrogen and oxygen atoms in total. The van der Waals surface area contributed by atoms with Gasteiger partial charge in [-0.15, -0.1) is 11.3 Å². The monoisotopic (exact) mass is 495 g/mol. The lowest BCUT2D eigenvalue weighted by molar-refractivity contribution is -0.136. The van der Waals surface area contributed by atoms with Crippen molar-refractivity contribution in [2.45, 2.75) is 38.8 Å². The molecule has 0 spiro atoms. The topological polar surface area (TPSA) is 120 Å². The number of ether oxygens (including phenoxy) is 1. The highest BCUT2D eigenvalue weighted by atomic mass is 32.1. The molecule has 35 heavy (non-hydrogen) atoms. The number of carbonyl (C=O) groups excluding carboxylic acids is 1. The number of hydrogen-bond acceptors (Lipinski definition) is 9. The molecule has 0 saturated carbocycles. The number of aliphatic hydroxyl groups excluding tert-OH is 2. The fraction of sp³-hybridized carbons (Fsp3) is 0.440. The van der Waals surface area contributed by atoms with E-state index in [0.717, 1.165) is 49.9 Å². The van der Waals surface area contributed by atoms with Gasteiger partial charge in [-0.1, -0.05) is 0 Å². The number of anilines is 2. The zero-order chi connectivity index (χ0) is 24.5. The maximum Gasteiger partial charge on any atom is 0.225 e. The summed E-state index contributed by atoms with van der Waals surface area (Å²) in [6.07, 6.45) is 4.61. The Balaban J connectivity index is 1.43. The van der Waals surface area contributed by atoms with Crippen LogP contribution in [0.4, 0.5) is 11.5 Å². The molecular weight excluding hydrogens is 466 g/mol. The minimum absolute atomic E-state index is 0.00815. The molecule has 0 bridgehead atoms. The Labute approximate surface area is 207 Å². The smallest absolute Gasteiger partial charge is 0.225 e. The second-order valence-electron chi connectivity index (χ2n) is 8.98. The Morgan fingerprint density at radius 3 is 3.03 bits per heavy atom. The van der Waals surface area contributed by atoms with Gasteiger partial charge in [-0.3, -0.25) is 9.79 Å². The Bertz CT molecular complexity index is 1290. The minimum atomic E-state index is -0.927. The Morgan fingerprint density at radius 2 is 2.23 bits per heavy atom. The number of aryl methyl sites for hydroxylation is 1. The predicted octanol–water partition coefficient (Wildman–Crippen LogP) is 2.68. The third-order valence-corrected chi connectivity index (χ3v) is 7.71. The fourth-order valence-corrected chi connectivity index (χ4v) is 6.10. The van der Waals surface area contributed by atoms with Crippen molar-refractivity contribution >= 4 is 45.2 Å². The summed E-state index contributed by atoms with van der Waals surface area (Å²) in [5.41, 5.74) is 4.25. The molecule has 3 heterocycles. The summed E-state index contributed by atoms with van der Waals surface area (Å²) in [4.78, 5) is 30.0. The molecule has 1 aliphatic carbocycles. The van der Waals surface area contributed by atoms with Crippen LogP contribution in [0.5, 0.6) is 5.75 Å². The zero-order valence-corrected chi connectivity index (χ0v) is 20.6. The molecule has 2 unspecified atom stereocenters. The highest BCUT2D eigenvalue weighted by Crippen LogP contribution is 2.42. The molecule has 2 aromatic heterocycles. The van der Waals surface area contributed by atoms with Gasteiger partial charge in [0, 0.05) is 30.6 Å². The van der Waals surface area contributed by atoms with Gasteiger partial charge in [0.2, 0.25) is 5.91 Å². The molecule has 0 saturated heterocycles. The van der Waals surface area contributed by atoms with Gasteiger partial charge >= 0.3 is 0 Å². The SMILES string of the molecule is CCOc1cc2c(cc1Nc1ncnc3sc4c(c13)CCC(C(=O)N(C)CC(O)CO)C4)C=NC2. The predicted molar refractivity (Wildman–Crippen MR) is 136 cm³/mol. The van der Waals surface area contributed by atoms with Crippen LogP contribution in [-0.2, 0) is 24.2 Å². The van der Waals surface area contributed by atoms with Gasteiger partial charge in [0.25, 0.3) is 0 Å². The maximum absolute atomic E-state index is 12.9. The standard InChI is InChI=1S/C25H29N5O4S/c1-3-34-20-7-16-10-26-9-15(16)6-19(20)29-23-22-18-5-4-14(25(33)30(2)11-17(32)12-31)8-21(18)35-24(22)28-13-27-23/h6-7,9,13-14,17,31-32H,3-5,8,10-12H2,1-2H3,(H,27,28,29). The van der Waals surface area contributed by atoms with E-state index in [2.05, 4.69) is 26.3 Å². The van der Waals surface area contributed by atoms with E-state index in [-0.39, 0.29) is 25.0 Å². The molecule has 0 radical (unpaired) electrons. The van der Waals surface area contributed by atoms with Crippen molar-refractivity contribution in [3.8, 4) is 5.75 Å². The third kappa shape index (κ3) is 4.61. The number of aromatic nitrogens is 2. The molecular formula is C25H29N5O4S. The summed E-state index contributed by atoms with van der Waals surface area (Å²) >= 11 is 1.61. The van der Waals surface area contributed by atoms with E-state index in [1.807, 2.05) is 19.2 Å². The largest absolute Gasteiger partial charge is 0.492 e. The number of nitrogens with zero attached hydrogens (tertiary/aromatic N) is 4. The van der Waals surface area contributed by atoms with Crippen LogP contribution in [0.25, 0.3) is 10.2 Å². The lowest BCUT2D eigenvalue weighted by Crippen LogP contribution is -2.40. The van der Waals surface area contributed by atoms with Crippen molar-refractivity contribution in [1.29, 1.82) is 0 Å². The van der Waals surface area contributed by atoms with Crippen LogP contribution in [0.1, 0.15) is 34.9 Å². The average Bonchev–Trinajstić information content (AvgIpc) is 3.47. The van der Waals surface area contributed by atoms with Crippen LogP contribution >= 0.6 is 11.3 Å². The summed E-state index contributed by atoms with van der Waals surface area (Å²) in [6, 6.07) is 4.09. The number of aliphatic hydroxyl groups is 2. The van der Waals surface area contributed by atoms with E-state index in [0.29, 0.717) is 26.0 Å². The average molecular weight is 496 g/mol. The van der Waals surface area contributed by atoms with Crippen LogP contribution in [-0.4, -0.2) is 70.1 Å². The molecule has 2 aliphatic rings. The van der Waals surface area contributed by atoms with Crippen LogP contribution in [0.2, 0.25) is 0 Å². The molecule has 0 fully saturated rings. The molecule has 1 aromatic carbocycles. The molecule has 1 aliphatic heterocycles. The number of benzene rings is 1. The Morgan fingerprint density at radius 1 is 1.37 bits per heavy atom. The molecule has 1 amide bonds. The van der Waals surface area contributed by atoms with Crippen LogP contribution in [0, 0.1) is 5.92 Å². The Kier molecular flexibility index (Phi) is 6.68. The number of aliphatic imine (C=N–C) groups is 1. The molecule has 184 valence electrons. The summed E-state index contributed by atoms with van der Waals surface area (Å²) in [5, 5.41) is 23.3. The van der Waals surface area contributed by atoms with Gasteiger partial charge in [-0.25, -0.2) is 9.97 Å². The minimum Gasteiger partial charge on any atom is -0.492 e. The van der Waals surface area contributed by atoms with E-state index in [9.17, 15) is 9.90 Å². The second-order valence-corrected chi connectivity index (χ2v) is 10.1. The highest BCUT2D eigenvalue weighted by molar-refractivity contribution is 7.19. The number of thiophene rings is 1. The number of nitrogens with one attached hydrogen (secondary N) is 1. The number of carbonyl (C=O) groups is 1. The van der Waals surface area contributed by atoms with Gasteiger partial charge in [-0.05, 0) is 55.0 Å². The van der Waals surface area contributed by atoms with Gasteiger partial charge in [0.15, 0.2) is 0 Å². The number of hydrogen-bond donors (Lipinski definition) is 3. The first-order valence-corrected chi connectivity index (χ1v) is 12.7. The third-order valence-electron chi connectivity index (χ3n) is 6.55. The van der Waals surface area contributed by atoms with Crippen molar-refractivity contribution in [1.82, 2.24) is 14.9 Å². The lowest BCUT2D eigenvalue weighted by atomic mass is 9.87. The maximum atomic E-state index is 12.9. The second kappa shape index (κ2) is 9.88.